The second kappa shape index (κ2) is 8.83. The second-order valence-electron chi connectivity index (χ2n) is 9.42. The molecule has 4 nitrogen and oxygen atoms in total. The largest absolute Gasteiger partial charge is 0.309 e. The van der Waals surface area contributed by atoms with E-state index in [1.54, 1.807) is 0 Å². The third-order valence-corrected chi connectivity index (χ3v) is 5.58. The Labute approximate surface area is 186 Å². The average molecular weight is 415 g/mol. The molecule has 1 aromatic heterocycles. The number of hydrogen-bond acceptors (Lipinski definition) is 3. The first-order valence-corrected chi connectivity index (χ1v) is 10.9. The third-order valence-electron chi connectivity index (χ3n) is 5.58. The molecule has 0 bridgehead atoms. The predicted octanol–water partition coefficient (Wildman–Crippen LogP) is 4.97. The van der Waals surface area contributed by atoms with E-state index in [9.17, 15) is 0 Å². The topological polar surface area (TPSA) is 14.7 Å². The first-order chi connectivity index (χ1) is 14.8. The molecule has 0 radical (unpaired) electrons. The Balaban J connectivity index is 1.90. The second-order valence-corrected chi connectivity index (χ2v) is 9.42. The van der Waals surface area contributed by atoms with E-state index in [1.165, 1.54) is 44.2 Å². The van der Waals surface area contributed by atoms with Gasteiger partial charge in [-0.25, -0.2) is 0 Å². The first kappa shape index (κ1) is 21.6. The smallest absolute Gasteiger partial charge is 0.0541 e. The summed E-state index contributed by atoms with van der Waals surface area (Å²) in [6, 6.07) is 22.8. The SMILES string of the molecule is CN(C)Cc1ccc(-n2c3ccc(CN(C)C)cc3c3cc(CN(C)C)ccc32)cc1. The molecule has 4 aromatic rings. The molecule has 0 spiro atoms. The highest BCUT2D eigenvalue weighted by atomic mass is 15.1. The van der Waals surface area contributed by atoms with Crippen LogP contribution in [0, 0.1) is 0 Å². The van der Waals surface area contributed by atoms with Gasteiger partial charge in [0.15, 0.2) is 0 Å². The Kier molecular flexibility index (Phi) is 6.15. The van der Waals surface area contributed by atoms with Crippen molar-refractivity contribution in [3.8, 4) is 5.69 Å². The zero-order valence-electron chi connectivity index (χ0n) is 19.7. The van der Waals surface area contributed by atoms with Crippen molar-refractivity contribution in [2.24, 2.45) is 0 Å². The molecule has 0 saturated heterocycles. The van der Waals surface area contributed by atoms with Crippen molar-refractivity contribution in [3.63, 3.8) is 0 Å². The van der Waals surface area contributed by atoms with Crippen LogP contribution in [0.3, 0.4) is 0 Å². The van der Waals surface area contributed by atoms with Crippen LogP contribution in [0.25, 0.3) is 27.5 Å². The minimum Gasteiger partial charge on any atom is -0.309 e. The zero-order valence-corrected chi connectivity index (χ0v) is 19.7. The van der Waals surface area contributed by atoms with E-state index in [4.69, 9.17) is 0 Å². The lowest BCUT2D eigenvalue weighted by Gasteiger charge is -2.13. The van der Waals surface area contributed by atoms with Crippen molar-refractivity contribution >= 4 is 21.8 Å². The minimum atomic E-state index is 0.944. The fraction of sp³-hybridized carbons (Fsp3) is 0.333. The molecule has 3 aromatic carbocycles. The van der Waals surface area contributed by atoms with Crippen molar-refractivity contribution in [1.29, 1.82) is 0 Å². The highest BCUT2D eigenvalue weighted by Gasteiger charge is 2.14. The predicted molar refractivity (Wildman–Crippen MR) is 133 cm³/mol. The Hall–Kier alpha value is -2.66. The van der Waals surface area contributed by atoms with Crippen molar-refractivity contribution in [2.45, 2.75) is 19.6 Å². The van der Waals surface area contributed by atoms with E-state index in [0.29, 0.717) is 0 Å². The minimum absolute atomic E-state index is 0.944. The van der Waals surface area contributed by atoms with E-state index in [2.05, 4.69) is 122 Å². The zero-order chi connectivity index (χ0) is 22.1. The van der Waals surface area contributed by atoms with Gasteiger partial charge in [-0.2, -0.15) is 0 Å². The van der Waals surface area contributed by atoms with Crippen LogP contribution >= 0.6 is 0 Å². The molecule has 31 heavy (non-hydrogen) atoms. The van der Waals surface area contributed by atoms with Gasteiger partial charge in [-0.15, -0.1) is 0 Å². The molecule has 0 fully saturated rings. The van der Waals surface area contributed by atoms with Crippen LogP contribution in [0.5, 0.6) is 0 Å². The fourth-order valence-corrected chi connectivity index (χ4v) is 4.44. The normalized spacial score (nSPS) is 12.2. The van der Waals surface area contributed by atoms with Gasteiger partial charge >= 0.3 is 0 Å². The summed E-state index contributed by atoms with van der Waals surface area (Å²) in [6.45, 7) is 2.84. The van der Waals surface area contributed by atoms with Crippen LogP contribution in [0.1, 0.15) is 16.7 Å². The Bertz CT molecular complexity index is 1120. The molecule has 0 atom stereocenters. The summed E-state index contributed by atoms with van der Waals surface area (Å²) in [5, 5.41) is 2.65. The maximum Gasteiger partial charge on any atom is 0.0541 e. The van der Waals surface area contributed by atoms with Gasteiger partial charge in [0.05, 0.1) is 11.0 Å². The molecule has 4 rings (SSSR count). The molecule has 0 amide bonds. The molecule has 0 aliphatic heterocycles. The number of fused-ring (bicyclic) bond motifs is 3. The number of rotatable bonds is 7. The number of hydrogen-bond donors (Lipinski definition) is 0. The summed E-state index contributed by atoms with van der Waals surface area (Å²) in [5.41, 5.74) is 7.76. The first-order valence-electron chi connectivity index (χ1n) is 10.9. The number of nitrogens with zero attached hydrogens (tertiary/aromatic N) is 4. The average Bonchev–Trinajstić information content (AvgIpc) is 3.00. The summed E-state index contributed by atoms with van der Waals surface area (Å²) in [6.07, 6.45) is 0. The lowest BCUT2D eigenvalue weighted by atomic mass is 10.1. The van der Waals surface area contributed by atoms with Gasteiger partial charge in [0.1, 0.15) is 0 Å². The van der Waals surface area contributed by atoms with Crippen LogP contribution in [0.4, 0.5) is 0 Å². The molecule has 0 aliphatic carbocycles. The maximum absolute atomic E-state index is 2.41. The van der Waals surface area contributed by atoms with Gasteiger partial charge in [0.25, 0.3) is 0 Å². The summed E-state index contributed by atoms with van der Waals surface area (Å²) in [5.74, 6) is 0. The van der Waals surface area contributed by atoms with Gasteiger partial charge in [-0.3, -0.25) is 0 Å². The maximum atomic E-state index is 2.41. The van der Waals surface area contributed by atoms with Crippen LogP contribution in [0.15, 0.2) is 60.7 Å². The highest BCUT2D eigenvalue weighted by Crippen LogP contribution is 2.34. The molecular weight excluding hydrogens is 380 g/mol. The third kappa shape index (κ3) is 4.67. The van der Waals surface area contributed by atoms with Crippen molar-refractivity contribution in [2.75, 3.05) is 42.3 Å². The van der Waals surface area contributed by atoms with Gasteiger partial charge in [-0.05, 0) is 95.4 Å². The number of aromatic nitrogens is 1. The van der Waals surface area contributed by atoms with E-state index in [-0.39, 0.29) is 0 Å². The van der Waals surface area contributed by atoms with Gasteiger partial charge in [0.2, 0.25) is 0 Å². The Morgan fingerprint density at radius 1 is 0.516 bits per heavy atom. The molecule has 0 N–H and O–H groups in total. The van der Waals surface area contributed by atoms with Crippen molar-refractivity contribution in [3.05, 3.63) is 77.4 Å². The summed E-state index contributed by atoms with van der Waals surface area (Å²) < 4.78 is 2.41. The van der Waals surface area contributed by atoms with Crippen molar-refractivity contribution in [1.82, 2.24) is 19.3 Å². The molecule has 1 heterocycles. The van der Waals surface area contributed by atoms with Gasteiger partial charge in [-0.1, -0.05) is 24.3 Å². The molecular formula is C27H34N4. The molecule has 0 unspecified atom stereocenters. The molecule has 0 saturated carbocycles. The van der Waals surface area contributed by atoms with E-state index < -0.39 is 0 Å². The highest BCUT2D eigenvalue weighted by molar-refractivity contribution is 6.09. The molecule has 4 heteroatoms. The lowest BCUT2D eigenvalue weighted by Crippen LogP contribution is -2.10. The van der Waals surface area contributed by atoms with E-state index in [1.807, 2.05) is 0 Å². The van der Waals surface area contributed by atoms with Crippen LogP contribution in [-0.2, 0) is 19.6 Å². The number of benzene rings is 3. The Morgan fingerprint density at radius 3 is 1.32 bits per heavy atom. The van der Waals surface area contributed by atoms with E-state index >= 15 is 0 Å². The van der Waals surface area contributed by atoms with E-state index in [0.717, 1.165) is 19.6 Å². The molecule has 162 valence electrons. The monoisotopic (exact) mass is 414 g/mol. The summed E-state index contributed by atoms with van der Waals surface area (Å²) >= 11 is 0. The summed E-state index contributed by atoms with van der Waals surface area (Å²) in [7, 11) is 12.7. The lowest BCUT2D eigenvalue weighted by molar-refractivity contribution is 0.402. The van der Waals surface area contributed by atoms with Crippen LogP contribution in [0.2, 0.25) is 0 Å². The quantitative estimate of drug-likeness (QED) is 0.424. The molecule has 0 aliphatic rings. The van der Waals surface area contributed by atoms with Crippen LogP contribution < -0.4 is 0 Å². The van der Waals surface area contributed by atoms with Gasteiger partial charge in [0, 0.05) is 36.1 Å². The summed E-state index contributed by atoms with van der Waals surface area (Å²) in [4.78, 5) is 6.65. The standard InChI is InChI=1S/C27H34N4/c1-28(2)17-20-7-11-23(12-8-20)31-26-13-9-21(18-29(3)4)15-24(26)25-16-22(19-30(5)6)10-14-27(25)31/h7-16H,17-19H2,1-6H3. The van der Waals surface area contributed by atoms with Crippen molar-refractivity contribution < 1.29 is 0 Å². The van der Waals surface area contributed by atoms with Gasteiger partial charge < -0.3 is 19.3 Å². The van der Waals surface area contributed by atoms with Crippen LogP contribution in [-0.4, -0.2) is 61.6 Å². The fourth-order valence-electron chi connectivity index (χ4n) is 4.44. The Morgan fingerprint density at radius 2 is 0.903 bits per heavy atom.